The number of anilines is 1. The van der Waals surface area contributed by atoms with Crippen LogP contribution in [-0.2, 0) is 20.8 Å². The summed E-state index contributed by atoms with van der Waals surface area (Å²) >= 11 is 0. The van der Waals surface area contributed by atoms with Crippen LogP contribution in [0.25, 0.3) is 0 Å². The lowest BCUT2D eigenvalue weighted by molar-refractivity contribution is -0.162. The van der Waals surface area contributed by atoms with Crippen LogP contribution in [0.15, 0.2) is 23.1 Å². The fraction of sp³-hybridized carbons (Fsp3) is 0.571. The zero-order valence-corrected chi connectivity index (χ0v) is 12.2. The van der Waals surface area contributed by atoms with Gasteiger partial charge < -0.3 is 19.8 Å². The molecular weight excluding hydrogens is 274 g/mol. The molecule has 1 unspecified atom stereocenters. The van der Waals surface area contributed by atoms with Gasteiger partial charge in [-0.1, -0.05) is 0 Å². The highest BCUT2D eigenvalue weighted by molar-refractivity contribution is 5.75. The van der Waals surface area contributed by atoms with Crippen LogP contribution >= 0.6 is 0 Å². The Morgan fingerprint density at radius 1 is 1.52 bits per heavy atom. The van der Waals surface area contributed by atoms with E-state index in [9.17, 15) is 9.59 Å². The molecule has 0 bridgehead atoms. The standard InChI is InChI=1S/C14H21N3O4/c1-2-20-14(19)12-10-16(8-9-21-12)6-7-17-5-3-4-11(15)13(17)18/h3-5,12H,2,6-10,15H2,1H3. The average Bonchev–Trinajstić information content (AvgIpc) is 2.49. The Morgan fingerprint density at radius 3 is 3.10 bits per heavy atom. The molecule has 0 aliphatic carbocycles. The van der Waals surface area contributed by atoms with Crippen molar-refractivity contribution in [2.75, 3.05) is 38.6 Å². The van der Waals surface area contributed by atoms with Crippen LogP contribution in [0.2, 0.25) is 0 Å². The molecule has 1 saturated heterocycles. The third kappa shape index (κ3) is 4.05. The van der Waals surface area contributed by atoms with Gasteiger partial charge in [-0.05, 0) is 19.1 Å². The molecule has 116 valence electrons. The number of hydrogen-bond acceptors (Lipinski definition) is 6. The van der Waals surface area contributed by atoms with Gasteiger partial charge in [-0.15, -0.1) is 0 Å². The number of esters is 1. The summed E-state index contributed by atoms with van der Waals surface area (Å²) in [5, 5.41) is 0. The second kappa shape index (κ2) is 7.24. The summed E-state index contributed by atoms with van der Waals surface area (Å²) in [6.07, 6.45) is 1.17. The zero-order valence-electron chi connectivity index (χ0n) is 12.2. The largest absolute Gasteiger partial charge is 0.464 e. The predicted molar refractivity (Wildman–Crippen MR) is 77.9 cm³/mol. The fourth-order valence-corrected chi connectivity index (χ4v) is 2.26. The first-order chi connectivity index (χ1) is 10.1. The summed E-state index contributed by atoms with van der Waals surface area (Å²) in [6.45, 7) is 4.99. The first kappa shape index (κ1) is 15.5. The van der Waals surface area contributed by atoms with E-state index in [1.54, 1.807) is 29.8 Å². The fourth-order valence-electron chi connectivity index (χ4n) is 2.26. The first-order valence-corrected chi connectivity index (χ1v) is 7.07. The lowest BCUT2D eigenvalue weighted by atomic mass is 10.2. The van der Waals surface area contributed by atoms with Crippen LogP contribution < -0.4 is 11.3 Å². The maximum Gasteiger partial charge on any atom is 0.336 e. The maximum atomic E-state index is 11.8. The van der Waals surface area contributed by atoms with Crippen LogP contribution in [0.1, 0.15) is 6.92 Å². The highest BCUT2D eigenvalue weighted by Gasteiger charge is 2.27. The Balaban J connectivity index is 1.90. The number of nitrogens with two attached hydrogens (primary N) is 1. The molecule has 2 heterocycles. The van der Waals surface area contributed by atoms with E-state index in [1.165, 1.54) is 0 Å². The van der Waals surface area contributed by atoms with Crippen LogP contribution in [-0.4, -0.2) is 54.4 Å². The van der Waals surface area contributed by atoms with Crippen molar-refractivity contribution in [2.45, 2.75) is 19.6 Å². The zero-order chi connectivity index (χ0) is 15.2. The van der Waals surface area contributed by atoms with E-state index in [-0.39, 0.29) is 17.2 Å². The summed E-state index contributed by atoms with van der Waals surface area (Å²) in [7, 11) is 0. The second-order valence-corrected chi connectivity index (χ2v) is 4.87. The SMILES string of the molecule is CCOC(=O)C1CN(CCn2cccc(N)c2=O)CCO1. The van der Waals surface area contributed by atoms with Crippen molar-refractivity contribution in [2.24, 2.45) is 0 Å². The summed E-state index contributed by atoms with van der Waals surface area (Å²) in [6, 6.07) is 3.34. The van der Waals surface area contributed by atoms with E-state index in [0.29, 0.717) is 32.8 Å². The summed E-state index contributed by atoms with van der Waals surface area (Å²) < 4.78 is 12.0. The van der Waals surface area contributed by atoms with Crippen LogP contribution in [0.4, 0.5) is 5.69 Å². The maximum absolute atomic E-state index is 11.8. The van der Waals surface area contributed by atoms with E-state index in [4.69, 9.17) is 15.2 Å². The Labute approximate surface area is 123 Å². The average molecular weight is 295 g/mol. The highest BCUT2D eigenvalue weighted by atomic mass is 16.6. The second-order valence-electron chi connectivity index (χ2n) is 4.87. The van der Waals surface area contributed by atoms with Crippen molar-refractivity contribution in [3.8, 4) is 0 Å². The molecule has 7 nitrogen and oxygen atoms in total. The van der Waals surface area contributed by atoms with Crippen molar-refractivity contribution in [1.82, 2.24) is 9.47 Å². The van der Waals surface area contributed by atoms with E-state index in [2.05, 4.69) is 4.90 Å². The minimum absolute atomic E-state index is 0.187. The molecule has 0 saturated carbocycles. The van der Waals surface area contributed by atoms with Gasteiger partial charge in [-0.2, -0.15) is 0 Å². The molecule has 7 heteroatoms. The molecule has 21 heavy (non-hydrogen) atoms. The van der Waals surface area contributed by atoms with Crippen molar-refractivity contribution in [1.29, 1.82) is 0 Å². The summed E-state index contributed by atoms with van der Waals surface area (Å²) in [4.78, 5) is 25.6. The van der Waals surface area contributed by atoms with Gasteiger partial charge in [0.2, 0.25) is 0 Å². The number of nitrogen functional groups attached to an aromatic ring is 1. The molecule has 1 atom stereocenters. The summed E-state index contributed by atoms with van der Waals surface area (Å²) in [5.74, 6) is -0.330. The summed E-state index contributed by atoms with van der Waals surface area (Å²) in [5.41, 5.74) is 5.65. The van der Waals surface area contributed by atoms with Crippen LogP contribution in [0, 0.1) is 0 Å². The van der Waals surface area contributed by atoms with E-state index in [0.717, 1.165) is 6.54 Å². The predicted octanol–water partition coefficient (Wildman–Crippen LogP) is -0.306. The topological polar surface area (TPSA) is 86.8 Å². The number of hydrogen-bond donors (Lipinski definition) is 1. The van der Waals surface area contributed by atoms with Crippen LogP contribution in [0.3, 0.4) is 0 Å². The normalized spacial score (nSPS) is 19.4. The van der Waals surface area contributed by atoms with Gasteiger partial charge in [-0.3, -0.25) is 9.69 Å². The van der Waals surface area contributed by atoms with Gasteiger partial charge in [0.25, 0.3) is 5.56 Å². The van der Waals surface area contributed by atoms with Crippen LogP contribution in [0.5, 0.6) is 0 Å². The molecule has 0 amide bonds. The smallest absolute Gasteiger partial charge is 0.336 e. The molecular formula is C14H21N3O4. The molecule has 1 aromatic rings. The third-order valence-corrected chi connectivity index (χ3v) is 3.41. The molecule has 1 fully saturated rings. The minimum Gasteiger partial charge on any atom is -0.464 e. The number of ether oxygens (including phenoxy) is 2. The van der Waals surface area contributed by atoms with Gasteiger partial charge in [0, 0.05) is 32.4 Å². The Hall–Kier alpha value is -1.86. The van der Waals surface area contributed by atoms with Crippen molar-refractivity contribution >= 4 is 11.7 Å². The highest BCUT2D eigenvalue weighted by Crippen LogP contribution is 2.07. The van der Waals surface area contributed by atoms with E-state index >= 15 is 0 Å². The third-order valence-electron chi connectivity index (χ3n) is 3.41. The monoisotopic (exact) mass is 295 g/mol. The van der Waals surface area contributed by atoms with Gasteiger partial charge in [-0.25, -0.2) is 4.79 Å². The molecule has 1 aliphatic heterocycles. The van der Waals surface area contributed by atoms with Crippen molar-refractivity contribution in [3.63, 3.8) is 0 Å². The lowest BCUT2D eigenvalue weighted by Crippen LogP contribution is -2.47. The Kier molecular flexibility index (Phi) is 5.35. The van der Waals surface area contributed by atoms with Crippen molar-refractivity contribution in [3.05, 3.63) is 28.7 Å². The van der Waals surface area contributed by atoms with E-state index < -0.39 is 6.10 Å². The van der Waals surface area contributed by atoms with Gasteiger partial charge in [0.15, 0.2) is 6.10 Å². The molecule has 1 aromatic heterocycles. The quantitative estimate of drug-likeness (QED) is 0.750. The minimum atomic E-state index is -0.545. The Bertz CT molecular complexity index is 543. The molecule has 0 spiro atoms. The number of pyridine rings is 1. The molecule has 0 radical (unpaired) electrons. The number of morpholine rings is 1. The van der Waals surface area contributed by atoms with Gasteiger partial charge in [0.05, 0.1) is 18.9 Å². The molecule has 1 aliphatic rings. The molecule has 0 aromatic carbocycles. The number of aromatic nitrogens is 1. The first-order valence-electron chi connectivity index (χ1n) is 7.07. The van der Waals surface area contributed by atoms with Gasteiger partial charge >= 0.3 is 5.97 Å². The molecule has 2 rings (SSSR count). The van der Waals surface area contributed by atoms with Crippen molar-refractivity contribution < 1.29 is 14.3 Å². The Morgan fingerprint density at radius 2 is 2.33 bits per heavy atom. The lowest BCUT2D eigenvalue weighted by Gasteiger charge is -2.31. The number of nitrogens with zero attached hydrogens (tertiary/aromatic N) is 2. The van der Waals surface area contributed by atoms with E-state index in [1.807, 2.05) is 0 Å². The number of carbonyl (C=O) groups excluding carboxylic acids is 1. The van der Waals surface area contributed by atoms with Gasteiger partial charge in [0.1, 0.15) is 0 Å². The number of rotatable bonds is 5. The number of carbonyl (C=O) groups is 1. The molecule has 2 N–H and O–H groups in total.